The predicted molar refractivity (Wildman–Crippen MR) is 54.7 cm³/mol. The Bertz CT molecular complexity index is 402. The van der Waals surface area contributed by atoms with Crippen molar-refractivity contribution >= 4 is 8.07 Å². The third-order valence-electron chi connectivity index (χ3n) is 0.952. The van der Waals surface area contributed by atoms with E-state index in [1.54, 1.807) is 0 Å². The van der Waals surface area contributed by atoms with Crippen molar-refractivity contribution in [2.75, 3.05) is 0 Å². The number of halogens is 2. The van der Waals surface area contributed by atoms with Gasteiger partial charge in [0.25, 0.3) is 0 Å². The van der Waals surface area contributed by atoms with E-state index < -0.39 is 19.9 Å². The average molecular weight is 209 g/mol. The van der Waals surface area contributed by atoms with Crippen LogP contribution < -0.4 is 0 Å². The molecule has 0 fully saturated rings. The van der Waals surface area contributed by atoms with Crippen LogP contribution in [0, 0.1) is 29.9 Å². The van der Waals surface area contributed by atoms with Gasteiger partial charge in [0.2, 0.25) is 5.83 Å². The van der Waals surface area contributed by atoms with Crippen LogP contribution in [0.5, 0.6) is 0 Å². The van der Waals surface area contributed by atoms with Gasteiger partial charge in [-0.25, -0.2) is 13.6 Å². The molecule has 0 N–H and O–H groups in total. The van der Waals surface area contributed by atoms with Gasteiger partial charge in [-0.15, -0.1) is 5.54 Å². The Morgan fingerprint density at radius 1 is 1.21 bits per heavy atom. The van der Waals surface area contributed by atoms with Crippen LogP contribution in [0.25, 0.3) is 4.85 Å². The maximum atomic E-state index is 12.5. The molecule has 0 amide bonds. The van der Waals surface area contributed by atoms with Crippen LogP contribution in [0.1, 0.15) is 0 Å². The molecule has 0 aliphatic carbocycles. The van der Waals surface area contributed by atoms with Crippen molar-refractivity contribution < 1.29 is 8.78 Å². The van der Waals surface area contributed by atoms with E-state index in [9.17, 15) is 8.78 Å². The van der Waals surface area contributed by atoms with Gasteiger partial charge >= 0.3 is 5.95 Å². The first-order valence-corrected chi connectivity index (χ1v) is 7.33. The summed E-state index contributed by atoms with van der Waals surface area (Å²) in [6.45, 7) is 12.2. The molecule has 0 aromatic heterocycles. The van der Waals surface area contributed by atoms with E-state index in [2.05, 4.69) is 22.2 Å². The minimum absolute atomic E-state index is 1.36. The Morgan fingerprint density at radius 2 is 1.79 bits per heavy atom. The molecular formula is C10H9F2NSi. The second-order valence-corrected chi connectivity index (χ2v) is 8.22. The van der Waals surface area contributed by atoms with Crippen molar-refractivity contribution in [2.45, 2.75) is 19.6 Å². The van der Waals surface area contributed by atoms with Crippen LogP contribution in [-0.4, -0.2) is 8.07 Å². The molecule has 14 heavy (non-hydrogen) atoms. The molecule has 0 aliphatic heterocycles. The van der Waals surface area contributed by atoms with E-state index in [0.29, 0.717) is 0 Å². The SMILES string of the molecule is [C-]#[N+]/C(F)=C(/F)C#CC#C[Si](C)(C)C. The molecule has 72 valence electrons. The van der Waals surface area contributed by atoms with Gasteiger partial charge < -0.3 is 0 Å². The minimum Gasteiger partial charge on any atom is -0.233 e. The molecule has 0 aromatic carbocycles. The lowest BCUT2D eigenvalue weighted by molar-refractivity contribution is 0.577. The first-order valence-electron chi connectivity index (χ1n) is 3.83. The second kappa shape index (κ2) is 5.22. The van der Waals surface area contributed by atoms with Crippen molar-refractivity contribution in [1.82, 2.24) is 0 Å². The lowest BCUT2D eigenvalue weighted by atomic mass is 10.5. The molecule has 4 heteroatoms. The highest BCUT2D eigenvalue weighted by atomic mass is 28.3. The molecule has 0 saturated heterocycles. The van der Waals surface area contributed by atoms with Crippen molar-refractivity contribution in [3.63, 3.8) is 0 Å². The van der Waals surface area contributed by atoms with Crippen LogP contribution in [0.15, 0.2) is 11.8 Å². The van der Waals surface area contributed by atoms with Gasteiger partial charge in [-0.3, -0.25) is 0 Å². The Kier molecular flexibility index (Phi) is 4.63. The fourth-order valence-corrected chi connectivity index (χ4v) is 0.843. The van der Waals surface area contributed by atoms with Crippen LogP contribution >= 0.6 is 0 Å². The Labute approximate surface area is 83.6 Å². The lowest BCUT2D eigenvalue weighted by Gasteiger charge is -2.01. The molecule has 0 spiro atoms. The summed E-state index contributed by atoms with van der Waals surface area (Å²) < 4.78 is 24.7. The molecule has 0 rings (SSSR count). The molecule has 0 radical (unpaired) electrons. The highest BCUT2D eigenvalue weighted by molar-refractivity contribution is 6.83. The minimum atomic E-state index is -1.52. The number of allylic oxidation sites excluding steroid dienone is 1. The van der Waals surface area contributed by atoms with E-state index in [0.717, 1.165) is 0 Å². The molecule has 0 heterocycles. The van der Waals surface area contributed by atoms with Crippen LogP contribution in [0.2, 0.25) is 19.6 Å². The maximum Gasteiger partial charge on any atom is 0.375 e. The zero-order valence-electron chi connectivity index (χ0n) is 8.20. The summed E-state index contributed by atoms with van der Waals surface area (Å²) in [4.78, 5) is 2.26. The molecule has 0 aromatic rings. The van der Waals surface area contributed by atoms with Crippen molar-refractivity contribution in [3.05, 3.63) is 23.2 Å². The predicted octanol–water partition coefficient (Wildman–Crippen LogP) is 2.90. The van der Waals surface area contributed by atoms with Crippen molar-refractivity contribution in [1.29, 1.82) is 0 Å². The molecule has 0 aliphatic rings. The van der Waals surface area contributed by atoms with E-state index in [4.69, 9.17) is 6.57 Å². The third-order valence-corrected chi connectivity index (χ3v) is 1.83. The molecule has 1 nitrogen and oxygen atoms in total. The fraction of sp³-hybridized carbons (Fsp3) is 0.300. The molecule has 0 saturated carbocycles. The summed E-state index contributed by atoms with van der Waals surface area (Å²) in [5.74, 6) is 3.56. The van der Waals surface area contributed by atoms with Gasteiger partial charge in [0.15, 0.2) is 0 Å². The molecule has 0 atom stereocenters. The summed E-state index contributed by atoms with van der Waals surface area (Å²) in [6.07, 6.45) is 0. The average Bonchev–Trinajstić information content (AvgIpc) is 2.09. The molecule has 0 bridgehead atoms. The zero-order chi connectivity index (χ0) is 11.2. The third kappa shape index (κ3) is 6.00. The maximum absolute atomic E-state index is 12.5. The number of nitrogens with zero attached hydrogens (tertiary/aromatic N) is 1. The Morgan fingerprint density at radius 3 is 2.21 bits per heavy atom. The van der Waals surface area contributed by atoms with Gasteiger partial charge in [0.05, 0.1) is 6.57 Å². The summed E-state index contributed by atoms with van der Waals surface area (Å²) in [6, 6.07) is 0. The topological polar surface area (TPSA) is 4.36 Å². The first kappa shape index (κ1) is 12.4. The van der Waals surface area contributed by atoms with Gasteiger partial charge in [-0.2, -0.15) is 0 Å². The number of hydrogen-bond donors (Lipinski definition) is 0. The summed E-state index contributed by atoms with van der Waals surface area (Å²) in [7, 11) is -1.52. The van der Waals surface area contributed by atoms with Crippen LogP contribution in [-0.2, 0) is 0 Å². The fourth-order valence-electron chi connectivity index (χ4n) is 0.406. The Balaban J connectivity index is 4.64. The normalized spacial score (nSPS) is 11.1. The summed E-state index contributed by atoms with van der Waals surface area (Å²) in [5, 5.41) is 0. The van der Waals surface area contributed by atoms with Gasteiger partial charge in [-0.05, 0) is 17.8 Å². The van der Waals surface area contributed by atoms with E-state index in [1.165, 1.54) is 0 Å². The zero-order valence-corrected chi connectivity index (χ0v) is 9.20. The van der Waals surface area contributed by atoms with Crippen LogP contribution in [0.4, 0.5) is 8.78 Å². The number of rotatable bonds is 0. The first-order chi connectivity index (χ1) is 6.37. The standard InChI is InChI=1S/C10H9F2NSi/c1-13-10(12)9(11)7-5-6-8-14(2,3)4/h2-4H3/b10-9+. The highest BCUT2D eigenvalue weighted by Gasteiger charge is 2.06. The molecular weight excluding hydrogens is 200 g/mol. The van der Waals surface area contributed by atoms with Crippen molar-refractivity contribution in [2.24, 2.45) is 0 Å². The number of hydrogen-bond acceptors (Lipinski definition) is 0. The highest BCUT2D eigenvalue weighted by Crippen LogP contribution is 2.06. The largest absolute Gasteiger partial charge is 0.375 e. The van der Waals surface area contributed by atoms with Crippen molar-refractivity contribution in [3.8, 4) is 23.3 Å². The van der Waals surface area contributed by atoms with E-state index in [-0.39, 0.29) is 0 Å². The van der Waals surface area contributed by atoms with Gasteiger partial charge in [-0.1, -0.05) is 19.6 Å². The van der Waals surface area contributed by atoms with Gasteiger partial charge in [0.1, 0.15) is 8.07 Å². The lowest BCUT2D eigenvalue weighted by Crippen LogP contribution is -2.16. The Hall–Kier alpha value is -1.57. The smallest absolute Gasteiger partial charge is 0.233 e. The van der Waals surface area contributed by atoms with Gasteiger partial charge in [0, 0.05) is 0 Å². The monoisotopic (exact) mass is 209 g/mol. The van der Waals surface area contributed by atoms with E-state index in [1.807, 2.05) is 25.6 Å². The quantitative estimate of drug-likeness (QED) is 0.250. The van der Waals surface area contributed by atoms with E-state index >= 15 is 0 Å². The molecule has 0 unspecified atom stereocenters. The summed E-state index contributed by atoms with van der Waals surface area (Å²) in [5.41, 5.74) is 2.86. The second-order valence-electron chi connectivity index (χ2n) is 3.47. The summed E-state index contributed by atoms with van der Waals surface area (Å²) >= 11 is 0. The van der Waals surface area contributed by atoms with Crippen LogP contribution in [0.3, 0.4) is 0 Å².